The van der Waals surface area contributed by atoms with Crippen molar-refractivity contribution in [3.8, 4) is 0 Å². The number of amides is 1. The zero-order chi connectivity index (χ0) is 17.7. The van der Waals surface area contributed by atoms with Crippen LogP contribution >= 0.6 is 0 Å². The van der Waals surface area contributed by atoms with Crippen molar-refractivity contribution in [1.29, 1.82) is 0 Å². The van der Waals surface area contributed by atoms with Gasteiger partial charge in [0.1, 0.15) is 12.8 Å². The van der Waals surface area contributed by atoms with Crippen LogP contribution in [0.25, 0.3) is 0 Å². The number of hydrogen-bond acceptors (Lipinski definition) is 4. The zero-order valence-corrected chi connectivity index (χ0v) is 13.8. The molecule has 0 aromatic heterocycles. The van der Waals surface area contributed by atoms with Crippen LogP contribution in [0.4, 0.5) is 4.39 Å². The molecule has 0 radical (unpaired) electrons. The first kappa shape index (κ1) is 18.1. The predicted octanol–water partition coefficient (Wildman–Crippen LogP) is 1.89. The maximum atomic E-state index is 13.3. The van der Waals surface area contributed by atoms with E-state index in [-0.39, 0.29) is 4.90 Å². The Hall–Kier alpha value is -2.25. The second-order valence-electron chi connectivity index (χ2n) is 5.39. The molecule has 5 nitrogen and oxygen atoms in total. The fraction of sp³-hybridized carbons (Fsp3) is 0.235. The van der Waals surface area contributed by atoms with Crippen molar-refractivity contribution in [3.05, 3.63) is 65.7 Å². The van der Waals surface area contributed by atoms with Gasteiger partial charge in [-0.1, -0.05) is 30.3 Å². The second kappa shape index (κ2) is 7.55. The van der Waals surface area contributed by atoms with Gasteiger partial charge in [-0.15, -0.1) is 0 Å². The first-order valence-electron chi connectivity index (χ1n) is 7.23. The SMILES string of the molecule is CS(=O)(=O)c1ccc([C@@H](O)[C@@H](CF)NC(=O)c2ccccc2)cc1. The molecule has 0 fully saturated rings. The Balaban J connectivity index is 2.14. The van der Waals surface area contributed by atoms with Gasteiger partial charge in [0, 0.05) is 11.8 Å². The molecule has 1 amide bonds. The van der Waals surface area contributed by atoms with Gasteiger partial charge >= 0.3 is 0 Å². The molecule has 24 heavy (non-hydrogen) atoms. The Bertz CT molecular complexity index is 791. The summed E-state index contributed by atoms with van der Waals surface area (Å²) in [5.74, 6) is -0.495. The summed E-state index contributed by atoms with van der Waals surface area (Å²) in [6.45, 7) is -0.965. The average molecular weight is 351 g/mol. The van der Waals surface area contributed by atoms with E-state index in [1.165, 1.54) is 24.3 Å². The third-order valence-electron chi connectivity index (χ3n) is 3.55. The van der Waals surface area contributed by atoms with E-state index in [1.54, 1.807) is 30.3 Å². The zero-order valence-electron chi connectivity index (χ0n) is 13.0. The molecule has 7 heteroatoms. The highest BCUT2D eigenvalue weighted by Crippen LogP contribution is 2.20. The lowest BCUT2D eigenvalue weighted by molar-refractivity contribution is 0.0791. The lowest BCUT2D eigenvalue weighted by Crippen LogP contribution is -2.41. The molecule has 2 aromatic rings. The summed E-state index contributed by atoms with van der Waals surface area (Å²) in [7, 11) is -3.35. The second-order valence-corrected chi connectivity index (χ2v) is 7.40. The van der Waals surface area contributed by atoms with Crippen molar-refractivity contribution < 1.29 is 22.7 Å². The van der Waals surface area contributed by atoms with Crippen LogP contribution < -0.4 is 5.32 Å². The molecule has 2 N–H and O–H groups in total. The summed E-state index contributed by atoms with van der Waals surface area (Å²) >= 11 is 0. The maximum Gasteiger partial charge on any atom is 0.251 e. The summed E-state index contributed by atoms with van der Waals surface area (Å²) in [6.07, 6.45) is -0.223. The average Bonchev–Trinajstić information content (AvgIpc) is 2.59. The first-order valence-corrected chi connectivity index (χ1v) is 9.12. The molecule has 0 bridgehead atoms. The molecule has 0 aliphatic heterocycles. The number of carbonyl (C=O) groups excluding carboxylic acids is 1. The van der Waals surface area contributed by atoms with E-state index in [1.807, 2.05) is 0 Å². The normalized spacial score (nSPS) is 14.0. The Labute approximate surface area is 140 Å². The monoisotopic (exact) mass is 351 g/mol. The molecule has 0 aliphatic carbocycles. The highest BCUT2D eigenvalue weighted by atomic mass is 32.2. The van der Waals surface area contributed by atoms with Gasteiger partial charge in [0.15, 0.2) is 9.84 Å². The Kier molecular flexibility index (Phi) is 5.69. The number of nitrogens with one attached hydrogen (secondary N) is 1. The number of alkyl halides is 1. The van der Waals surface area contributed by atoms with Gasteiger partial charge < -0.3 is 10.4 Å². The number of aliphatic hydroxyl groups excluding tert-OH is 1. The summed E-state index contributed by atoms with van der Waals surface area (Å²) in [5, 5.41) is 12.7. The van der Waals surface area contributed by atoms with E-state index >= 15 is 0 Å². The van der Waals surface area contributed by atoms with Gasteiger partial charge in [0.25, 0.3) is 5.91 Å². The van der Waals surface area contributed by atoms with Gasteiger partial charge in [-0.2, -0.15) is 0 Å². The molecule has 2 aromatic carbocycles. The minimum atomic E-state index is -3.35. The van der Waals surface area contributed by atoms with Crippen molar-refractivity contribution in [2.24, 2.45) is 0 Å². The Morgan fingerprint density at radius 1 is 1.12 bits per heavy atom. The first-order chi connectivity index (χ1) is 11.3. The summed E-state index contributed by atoms with van der Waals surface area (Å²) in [5.41, 5.74) is 0.675. The molecule has 0 saturated heterocycles. The van der Waals surface area contributed by atoms with E-state index < -0.39 is 34.6 Å². The number of rotatable bonds is 6. The van der Waals surface area contributed by atoms with E-state index in [2.05, 4.69) is 5.32 Å². The highest BCUT2D eigenvalue weighted by Gasteiger charge is 2.23. The summed E-state index contributed by atoms with van der Waals surface area (Å²) < 4.78 is 36.1. The van der Waals surface area contributed by atoms with Crippen LogP contribution in [0.15, 0.2) is 59.5 Å². The topological polar surface area (TPSA) is 83.5 Å². The minimum Gasteiger partial charge on any atom is -0.386 e. The maximum absolute atomic E-state index is 13.3. The van der Waals surface area contributed by atoms with Gasteiger partial charge in [0.05, 0.1) is 10.9 Å². The Morgan fingerprint density at radius 2 is 1.71 bits per heavy atom. The smallest absolute Gasteiger partial charge is 0.251 e. The van der Waals surface area contributed by atoms with Crippen molar-refractivity contribution in [2.75, 3.05) is 12.9 Å². The van der Waals surface area contributed by atoms with Crippen LogP contribution in [0.5, 0.6) is 0 Å². The van der Waals surface area contributed by atoms with Crippen LogP contribution in [0.1, 0.15) is 22.0 Å². The molecular formula is C17H18FNO4S. The fourth-order valence-corrected chi connectivity index (χ4v) is 2.82. The molecule has 128 valence electrons. The van der Waals surface area contributed by atoms with Crippen LogP contribution in [0, 0.1) is 0 Å². The van der Waals surface area contributed by atoms with Crippen LogP contribution in [0.3, 0.4) is 0 Å². The number of aliphatic hydroxyl groups is 1. The van der Waals surface area contributed by atoms with E-state index in [0.29, 0.717) is 11.1 Å². The van der Waals surface area contributed by atoms with Crippen molar-refractivity contribution in [2.45, 2.75) is 17.0 Å². The number of hydrogen-bond donors (Lipinski definition) is 2. The van der Waals surface area contributed by atoms with Crippen molar-refractivity contribution >= 4 is 15.7 Å². The van der Waals surface area contributed by atoms with Gasteiger partial charge in [-0.25, -0.2) is 12.8 Å². The molecule has 0 saturated carbocycles. The van der Waals surface area contributed by atoms with Gasteiger partial charge in [-0.3, -0.25) is 4.79 Å². The van der Waals surface area contributed by atoms with E-state index in [0.717, 1.165) is 6.26 Å². The number of sulfone groups is 1. The van der Waals surface area contributed by atoms with E-state index in [9.17, 15) is 22.7 Å². The molecule has 2 atom stereocenters. The molecular weight excluding hydrogens is 333 g/mol. The minimum absolute atomic E-state index is 0.101. The van der Waals surface area contributed by atoms with Gasteiger partial charge in [-0.05, 0) is 29.8 Å². The quantitative estimate of drug-likeness (QED) is 0.832. The lowest BCUT2D eigenvalue weighted by atomic mass is 10.0. The number of benzene rings is 2. The lowest BCUT2D eigenvalue weighted by Gasteiger charge is -2.22. The molecule has 0 spiro atoms. The molecule has 2 rings (SSSR count). The summed E-state index contributed by atoms with van der Waals surface area (Å²) in [4.78, 5) is 12.2. The Morgan fingerprint density at radius 3 is 2.21 bits per heavy atom. The van der Waals surface area contributed by atoms with Crippen LogP contribution in [-0.4, -0.2) is 38.4 Å². The van der Waals surface area contributed by atoms with Crippen LogP contribution in [-0.2, 0) is 9.84 Å². The van der Waals surface area contributed by atoms with Crippen molar-refractivity contribution in [1.82, 2.24) is 5.32 Å². The summed E-state index contributed by atoms with van der Waals surface area (Å²) in [6, 6.07) is 12.6. The highest BCUT2D eigenvalue weighted by molar-refractivity contribution is 7.90. The third kappa shape index (κ3) is 4.39. The number of carbonyl (C=O) groups is 1. The largest absolute Gasteiger partial charge is 0.386 e. The molecule has 0 aliphatic rings. The van der Waals surface area contributed by atoms with E-state index in [4.69, 9.17) is 0 Å². The third-order valence-corrected chi connectivity index (χ3v) is 4.68. The van der Waals surface area contributed by atoms with Crippen LogP contribution in [0.2, 0.25) is 0 Å². The van der Waals surface area contributed by atoms with Crippen molar-refractivity contribution in [3.63, 3.8) is 0 Å². The number of halogens is 1. The molecule has 0 unspecified atom stereocenters. The van der Waals surface area contributed by atoms with Gasteiger partial charge in [0.2, 0.25) is 0 Å². The predicted molar refractivity (Wildman–Crippen MR) is 88.2 cm³/mol. The molecule has 0 heterocycles. The fourth-order valence-electron chi connectivity index (χ4n) is 2.19. The standard InChI is InChI=1S/C17H18FNO4S/c1-24(22,23)14-9-7-12(8-10-14)16(20)15(11-18)19-17(21)13-5-3-2-4-6-13/h2-10,15-16,20H,11H2,1H3,(H,19,21)/t15-,16-/m1/s1.